The van der Waals surface area contributed by atoms with Gasteiger partial charge in [-0.2, -0.15) is 0 Å². The van der Waals surface area contributed by atoms with Gasteiger partial charge in [-0.05, 0) is 34.4 Å². The lowest BCUT2D eigenvalue weighted by atomic mass is 9.90. The predicted molar refractivity (Wildman–Crippen MR) is 160 cm³/mol. The fourth-order valence-corrected chi connectivity index (χ4v) is 4.86. The molecule has 0 spiro atoms. The Morgan fingerprint density at radius 1 is 0.537 bits per heavy atom. The Hall–Kier alpha value is -5.56. The zero-order valence-corrected chi connectivity index (χ0v) is 22.0. The minimum Gasteiger partial charge on any atom is -0.325 e. The summed E-state index contributed by atoms with van der Waals surface area (Å²) >= 11 is 0. The van der Waals surface area contributed by atoms with E-state index in [4.69, 9.17) is 0 Å². The second-order valence-corrected chi connectivity index (χ2v) is 9.48. The fourth-order valence-electron chi connectivity index (χ4n) is 4.86. The molecule has 0 unspecified atom stereocenters. The monoisotopic (exact) mass is 541 g/mol. The topological polar surface area (TPSA) is 101 Å². The van der Waals surface area contributed by atoms with Gasteiger partial charge in [-0.1, -0.05) is 121 Å². The van der Waals surface area contributed by atoms with E-state index in [-0.39, 0.29) is 17.3 Å². The lowest BCUT2D eigenvalue weighted by Crippen LogP contribution is -2.24. The number of nitrogens with zero attached hydrogens (tertiary/aromatic N) is 1. The Morgan fingerprint density at radius 2 is 0.902 bits per heavy atom. The second-order valence-electron chi connectivity index (χ2n) is 9.48. The van der Waals surface area contributed by atoms with E-state index in [1.165, 1.54) is 18.2 Å². The van der Waals surface area contributed by atoms with Crippen LogP contribution in [0.3, 0.4) is 0 Å². The summed E-state index contributed by atoms with van der Waals surface area (Å²) in [5.74, 6) is -2.04. The van der Waals surface area contributed by atoms with Crippen LogP contribution in [-0.4, -0.2) is 16.7 Å². The molecule has 0 aromatic heterocycles. The van der Waals surface area contributed by atoms with Crippen molar-refractivity contribution < 1.29 is 14.5 Å². The van der Waals surface area contributed by atoms with Gasteiger partial charge in [0.25, 0.3) is 5.69 Å². The van der Waals surface area contributed by atoms with E-state index in [9.17, 15) is 19.7 Å². The van der Waals surface area contributed by atoms with E-state index < -0.39 is 22.7 Å². The van der Waals surface area contributed by atoms with Crippen molar-refractivity contribution in [2.45, 2.75) is 11.8 Å². The molecule has 5 aromatic rings. The highest BCUT2D eigenvalue weighted by Crippen LogP contribution is 2.33. The van der Waals surface area contributed by atoms with Gasteiger partial charge in [-0.25, -0.2) is 0 Å². The molecule has 41 heavy (non-hydrogen) atoms. The van der Waals surface area contributed by atoms with Crippen LogP contribution in [0.2, 0.25) is 0 Å². The van der Waals surface area contributed by atoms with Gasteiger partial charge in [0.1, 0.15) is 5.69 Å². The number of anilines is 2. The summed E-state index contributed by atoms with van der Waals surface area (Å²) in [4.78, 5) is 38.6. The Kier molecular flexibility index (Phi) is 8.26. The molecule has 0 saturated carbocycles. The fraction of sp³-hybridized carbons (Fsp3) is 0.0588. The Bertz CT molecular complexity index is 1560. The summed E-state index contributed by atoms with van der Waals surface area (Å²) in [7, 11) is 0. The maximum absolute atomic E-state index is 13.7. The highest BCUT2D eigenvalue weighted by Gasteiger charge is 2.27. The van der Waals surface area contributed by atoms with Crippen molar-refractivity contribution in [1.29, 1.82) is 0 Å². The summed E-state index contributed by atoms with van der Waals surface area (Å²) in [5, 5.41) is 17.6. The highest BCUT2D eigenvalue weighted by molar-refractivity contribution is 6.02. The SMILES string of the molecule is O=C(Nc1ccc([N+](=O)[O-])c(NC(=O)C(c2ccccc2)c2ccccc2)c1)C(c1ccccc1)c1ccccc1. The van der Waals surface area contributed by atoms with Crippen LogP contribution in [-0.2, 0) is 9.59 Å². The first-order valence-electron chi connectivity index (χ1n) is 13.1. The standard InChI is InChI=1S/C34H27N3O4/c38-33(31(24-13-5-1-6-14-24)25-15-7-2-8-16-25)35-28-21-22-30(37(40)41)29(23-28)36-34(39)32(26-17-9-3-10-18-26)27-19-11-4-12-20-27/h1-23,31-32H,(H,35,38)(H,36,39). The molecule has 2 N–H and O–H groups in total. The van der Waals surface area contributed by atoms with Gasteiger partial charge in [-0.3, -0.25) is 19.7 Å². The lowest BCUT2D eigenvalue weighted by molar-refractivity contribution is -0.383. The molecule has 0 aliphatic rings. The normalized spacial score (nSPS) is 10.8. The van der Waals surface area contributed by atoms with E-state index in [0.717, 1.165) is 22.3 Å². The number of nitro groups is 1. The first kappa shape index (κ1) is 27.0. The van der Waals surface area contributed by atoms with E-state index >= 15 is 0 Å². The van der Waals surface area contributed by atoms with E-state index in [1.807, 2.05) is 121 Å². The zero-order chi connectivity index (χ0) is 28.6. The molecule has 0 heterocycles. The summed E-state index contributed by atoms with van der Waals surface area (Å²) < 4.78 is 0. The van der Waals surface area contributed by atoms with Crippen LogP contribution in [0, 0.1) is 10.1 Å². The minimum absolute atomic E-state index is 0.00867. The van der Waals surface area contributed by atoms with Gasteiger partial charge in [-0.15, -0.1) is 0 Å². The van der Waals surface area contributed by atoms with Crippen LogP contribution in [0.1, 0.15) is 34.1 Å². The van der Waals surface area contributed by atoms with Crippen molar-refractivity contribution in [3.63, 3.8) is 0 Å². The molecule has 0 aliphatic carbocycles. The molecule has 0 saturated heterocycles. The molecule has 0 bridgehead atoms. The average molecular weight is 542 g/mol. The number of nitrogens with one attached hydrogen (secondary N) is 2. The number of amides is 2. The van der Waals surface area contributed by atoms with Crippen LogP contribution in [0.5, 0.6) is 0 Å². The van der Waals surface area contributed by atoms with Crippen molar-refractivity contribution in [2.24, 2.45) is 0 Å². The van der Waals surface area contributed by atoms with Crippen LogP contribution < -0.4 is 10.6 Å². The van der Waals surface area contributed by atoms with Crippen LogP contribution >= 0.6 is 0 Å². The van der Waals surface area contributed by atoms with Gasteiger partial charge < -0.3 is 10.6 Å². The van der Waals surface area contributed by atoms with Crippen molar-refractivity contribution in [2.75, 3.05) is 10.6 Å². The summed E-state index contributed by atoms with van der Waals surface area (Å²) in [6, 6.07) is 41.4. The second kappa shape index (κ2) is 12.5. The number of rotatable bonds is 9. The average Bonchev–Trinajstić information content (AvgIpc) is 2.99. The van der Waals surface area contributed by atoms with Gasteiger partial charge in [0.05, 0.1) is 16.8 Å². The van der Waals surface area contributed by atoms with Crippen molar-refractivity contribution in [1.82, 2.24) is 0 Å². The third kappa shape index (κ3) is 6.37. The van der Waals surface area contributed by atoms with Crippen LogP contribution in [0.25, 0.3) is 0 Å². The highest BCUT2D eigenvalue weighted by atomic mass is 16.6. The summed E-state index contributed by atoms with van der Waals surface area (Å²) in [5.41, 5.74) is 3.14. The van der Waals surface area contributed by atoms with Gasteiger partial charge >= 0.3 is 0 Å². The van der Waals surface area contributed by atoms with Crippen molar-refractivity contribution >= 4 is 28.9 Å². The largest absolute Gasteiger partial charge is 0.325 e. The molecular formula is C34H27N3O4. The van der Waals surface area contributed by atoms with E-state index in [1.54, 1.807) is 0 Å². The smallest absolute Gasteiger partial charge is 0.292 e. The first-order valence-corrected chi connectivity index (χ1v) is 13.1. The quantitative estimate of drug-likeness (QED) is 0.153. The van der Waals surface area contributed by atoms with Crippen LogP contribution in [0.4, 0.5) is 17.1 Å². The van der Waals surface area contributed by atoms with Gasteiger partial charge in [0.15, 0.2) is 0 Å². The number of nitro benzene ring substituents is 1. The number of hydrogen-bond donors (Lipinski definition) is 2. The number of hydrogen-bond acceptors (Lipinski definition) is 4. The molecule has 5 aromatic carbocycles. The van der Waals surface area contributed by atoms with E-state index in [0.29, 0.717) is 5.69 Å². The van der Waals surface area contributed by atoms with Gasteiger partial charge in [0.2, 0.25) is 11.8 Å². The lowest BCUT2D eigenvalue weighted by Gasteiger charge is -2.19. The Balaban J connectivity index is 1.46. The molecule has 0 fully saturated rings. The molecule has 7 nitrogen and oxygen atoms in total. The van der Waals surface area contributed by atoms with E-state index in [2.05, 4.69) is 10.6 Å². The predicted octanol–water partition coefficient (Wildman–Crippen LogP) is 7.14. The third-order valence-electron chi connectivity index (χ3n) is 6.77. The van der Waals surface area contributed by atoms with Crippen molar-refractivity contribution in [3.8, 4) is 0 Å². The molecule has 2 amide bonds. The maximum atomic E-state index is 13.7. The first-order chi connectivity index (χ1) is 20.0. The number of carbonyl (C=O) groups is 2. The van der Waals surface area contributed by atoms with Gasteiger partial charge in [0, 0.05) is 11.8 Å². The molecular weight excluding hydrogens is 514 g/mol. The molecule has 5 rings (SSSR count). The third-order valence-corrected chi connectivity index (χ3v) is 6.77. The minimum atomic E-state index is -0.698. The molecule has 0 aliphatic heterocycles. The number of benzene rings is 5. The molecule has 0 radical (unpaired) electrons. The summed E-state index contributed by atoms with van der Waals surface area (Å²) in [6.45, 7) is 0. The van der Waals surface area contributed by atoms with Crippen LogP contribution in [0.15, 0.2) is 140 Å². The van der Waals surface area contributed by atoms with Crippen molar-refractivity contribution in [3.05, 3.63) is 172 Å². The maximum Gasteiger partial charge on any atom is 0.292 e. The summed E-state index contributed by atoms with van der Waals surface area (Å²) in [6.07, 6.45) is 0. The Morgan fingerprint density at radius 3 is 1.27 bits per heavy atom. The number of carbonyl (C=O) groups excluding carboxylic acids is 2. The zero-order valence-electron chi connectivity index (χ0n) is 22.0. The molecule has 0 atom stereocenters. The molecule has 202 valence electrons. The Labute approximate surface area is 237 Å². The molecule has 7 heteroatoms.